The van der Waals surface area contributed by atoms with Crippen molar-refractivity contribution in [2.75, 3.05) is 30.4 Å². The summed E-state index contributed by atoms with van der Waals surface area (Å²) in [7, 11) is -3.06. The van der Waals surface area contributed by atoms with Crippen LogP contribution in [0.15, 0.2) is 18.3 Å². The van der Waals surface area contributed by atoms with Crippen LogP contribution in [-0.2, 0) is 9.84 Å². The molecule has 1 aromatic rings. The van der Waals surface area contributed by atoms with Crippen LogP contribution in [0.2, 0.25) is 0 Å². The van der Waals surface area contributed by atoms with Crippen LogP contribution in [-0.4, -0.2) is 44.4 Å². The van der Waals surface area contributed by atoms with E-state index in [9.17, 15) is 13.2 Å². The maximum Gasteiger partial charge on any atom is 0.251 e. The Morgan fingerprint density at radius 3 is 2.78 bits per heavy atom. The van der Waals surface area contributed by atoms with Gasteiger partial charge in [-0.25, -0.2) is 13.4 Å². The first-order chi connectivity index (χ1) is 8.42. The van der Waals surface area contributed by atoms with Gasteiger partial charge >= 0.3 is 0 Å². The Hall–Kier alpha value is -1.63. The first-order valence-electron chi connectivity index (χ1n) is 5.58. The highest BCUT2D eigenvalue weighted by molar-refractivity contribution is 7.90. The monoisotopic (exact) mass is 271 g/mol. The van der Waals surface area contributed by atoms with Crippen LogP contribution in [0.5, 0.6) is 0 Å². The lowest BCUT2D eigenvalue weighted by atomic mass is 10.2. The van der Waals surface area contributed by atoms with Gasteiger partial charge in [-0.1, -0.05) is 0 Å². The molecule has 0 spiro atoms. The molecule has 1 aromatic heterocycles. The van der Waals surface area contributed by atoms with Crippen molar-refractivity contribution in [3.63, 3.8) is 0 Å². The van der Waals surface area contributed by atoms with Crippen LogP contribution >= 0.6 is 0 Å². The first-order valence-corrected chi connectivity index (χ1v) is 7.64. The molecule has 6 nitrogen and oxygen atoms in total. The van der Waals surface area contributed by atoms with Crippen LogP contribution in [0, 0.1) is 0 Å². The third-order valence-electron chi connectivity index (χ3n) is 2.14. The molecule has 7 heteroatoms. The molecule has 0 aliphatic rings. The predicted octanol–water partition coefficient (Wildman–Crippen LogP) is 0.288. The van der Waals surface area contributed by atoms with Crippen molar-refractivity contribution in [2.24, 2.45) is 0 Å². The van der Waals surface area contributed by atoms with Crippen molar-refractivity contribution in [3.05, 3.63) is 23.9 Å². The Bertz CT molecular complexity index is 514. The number of amides is 1. The van der Waals surface area contributed by atoms with Gasteiger partial charge in [0, 0.05) is 31.1 Å². The van der Waals surface area contributed by atoms with E-state index in [0.717, 1.165) is 6.26 Å². The van der Waals surface area contributed by atoms with Crippen LogP contribution in [0.25, 0.3) is 0 Å². The van der Waals surface area contributed by atoms with Crippen molar-refractivity contribution in [1.29, 1.82) is 0 Å². The third kappa shape index (κ3) is 5.13. The van der Waals surface area contributed by atoms with E-state index in [1.807, 2.05) is 6.92 Å². The molecule has 0 unspecified atom stereocenters. The van der Waals surface area contributed by atoms with Crippen molar-refractivity contribution >= 4 is 21.6 Å². The lowest BCUT2D eigenvalue weighted by Gasteiger charge is -2.06. The number of carbonyl (C=O) groups is 1. The summed E-state index contributed by atoms with van der Waals surface area (Å²) in [5, 5.41) is 5.55. The summed E-state index contributed by atoms with van der Waals surface area (Å²) in [6.07, 6.45) is 2.67. The maximum absolute atomic E-state index is 11.7. The van der Waals surface area contributed by atoms with Crippen LogP contribution in [0.3, 0.4) is 0 Å². The summed E-state index contributed by atoms with van der Waals surface area (Å²) in [5.41, 5.74) is 0.453. The molecular weight excluding hydrogens is 254 g/mol. The Labute approximate surface area is 107 Å². The average Bonchev–Trinajstić information content (AvgIpc) is 2.28. The van der Waals surface area contributed by atoms with Gasteiger partial charge in [0.25, 0.3) is 5.91 Å². The average molecular weight is 271 g/mol. The van der Waals surface area contributed by atoms with E-state index in [1.54, 1.807) is 12.1 Å². The number of nitrogens with zero attached hydrogens (tertiary/aromatic N) is 1. The van der Waals surface area contributed by atoms with Gasteiger partial charge in [0.2, 0.25) is 0 Å². The Kier molecular flexibility index (Phi) is 5.08. The largest absolute Gasteiger partial charge is 0.370 e. The van der Waals surface area contributed by atoms with Crippen molar-refractivity contribution in [3.8, 4) is 0 Å². The lowest BCUT2D eigenvalue weighted by Crippen LogP contribution is -2.28. The number of rotatable bonds is 6. The zero-order valence-corrected chi connectivity index (χ0v) is 11.3. The molecule has 0 bridgehead atoms. The minimum absolute atomic E-state index is 0.0656. The van der Waals surface area contributed by atoms with Crippen molar-refractivity contribution < 1.29 is 13.2 Å². The molecule has 0 saturated heterocycles. The fourth-order valence-corrected chi connectivity index (χ4v) is 1.77. The summed E-state index contributed by atoms with van der Waals surface area (Å²) in [4.78, 5) is 15.8. The number of anilines is 1. The highest BCUT2D eigenvalue weighted by atomic mass is 32.2. The number of hydrogen-bond acceptors (Lipinski definition) is 5. The molecule has 2 N–H and O–H groups in total. The number of aromatic nitrogens is 1. The third-order valence-corrected chi connectivity index (χ3v) is 3.08. The molecule has 0 aliphatic carbocycles. The second-order valence-corrected chi connectivity index (χ2v) is 6.11. The lowest BCUT2D eigenvalue weighted by molar-refractivity contribution is 0.0956. The zero-order valence-electron chi connectivity index (χ0n) is 10.4. The van der Waals surface area contributed by atoms with E-state index in [-0.39, 0.29) is 18.2 Å². The van der Waals surface area contributed by atoms with Crippen LogP contribution in [0.1, 0.15) is 17.3 Å². The molecule has 0 fully saturated rings. The Balaban J connectivity index is 2.58. The quantitative estimate of drug-likeness (QED) is 0.776. The maximum atomic E-state index is 11.7. The standard InChI is InChI=1S/C11H17N3O3S/c1-3-12-10-8-9(4-5-13-10)11(15)14-6-7-18(2,16)17/h4-5,8H,3,6-7H2,1-2H3,(H,12,13)(H,14,15). The van der Waals surface area contributed by atoms with Gasteiger partial charge in [-0.2, -0.15) is 0 Å². The first kappa shape index (κ1) is 14.4. The highest BCUT2D eigenvalue weighted by Gasteiger charge is 2.08. The molecular formula is C11H17N3O3S. The molecule has 1 heterocycles. The topological polar surface area (TPSA) is 88.2 Å². The number of pyridine rings is 1. The van der Waals surface area contributed by atoms with E-state index in [4.69, 9.17) is 0 Å². The molecule has 100 valence electrons. The minimum Gasteiger partial charge on any atom is -0.370 e. The molecule has 0 radical (unpaired) electrons. The van der Waals surface area contributed by atoms with Crippen LogP contribution in [0.4, 0.5) is 5.82 Å². The summed E-state index contributed by atoms with van der Waals surface area (Å²) < 4.78 is 21.8. The molecule has 0 aromatic carbocycles. The number of nitrogens with one attached hydrogen (secondary N) is 2. The smallest absolute Gasteiger partial charge is 0.251 e. The fourth-order valence-electron chi connectivity index (χ4n) is 1.30. The Morgan fingerprint density at radius 1 is 1.44 bits per heavy atom. The van der Waals surface area contributed by atoms with Gasteiger partial charge in [0.1, 0.15) is 15.7 Å². The van der Waals surface area contributed by atoms with Gasteiger partial charge in [0.05, 0.1) is 5.75 Å². The summed E-state index contributed by atoms with van der Waals surface area (Å²) in [5.74, 6) is 0.248. The van der Waals surface area contributed by atoms with E-state index in [1.165, 1.54) is 6.20 Å². The molecule has 18 heavy (non-hydrogen) atoms. The van der Waals surface area contributed by atoms with E-state index in [2.05, 4.69) is 15.6 Å². The van der Waals surface area contributed by atoms with E-state index >= 15 is 0 Å². The zero-order chi connectivity index (χ0) is 13.6. The highest BCUT2D eigenvalue weighted by Crippen LogP contribution is 2.06. The van der Waals surface area contributed by atoms with E-state index < -0.39 is 9.84 Å². The minimum atomic E-state index is -3.06. The predicted molar refractivity (Wildman–Crippen MR) is 70.4 cm³/mol. The van der Waals surface area contributed by atoms with E-state index in [0.29, 0.717) is 17.9 Å². The molecule has 0 aliphatic heterocycles. The number of hydrogen-bond donors (Lipinski definition) is 2. The number of sulfone groups is 1. The molecule has 0 atom stereocenters. The Morgan fingerprint density at radius 2 is 2.17 bits per heavy atom. The second-order valence-electron chi connectivity index (χ2n) is 3.85. The summed E-state index contributed by atoms with van der Waals surface area (Å²) >= 11 is 0. The second kappa shape index (κ2) is 6.34. The van der Waals surface area contributed by atoms with Crippen molar-refractivity contribution in [1.82, 2.24) is 10.3 Å². The number of carbonyl (C=O) groups excluding carboxylic acids is 1. The van der Waals surface area contributed by atoms with Gasteiger partial charge < -0.3 is 10.6 Å². The summed E-state index contributed by atoms with van der Waals surface area (Å²) in [6.45, 7) is 2.75. The van der Waals surface area contributed by atoms with Gasteiger partial charge in [-0.05, 0) is 19.1 Å². The SMILES string of the molecule is CCNc1cc(C(=O)NCCS(C)(=O)=O)ccn1. The molecule has 0 saturated carbocycles. The van der Waals surface area contributed by atoms with Gasteiger partial charge in [0.15, 0.2) is 0 Å². The van der Waals surface area contributed by atoms with Gasteiger partial charge in [-0.15, -0.1) is 0 Å². The fraction of sp³-hybridized carbons (Fsp3) is 0.455. The molecule has 1 amide bonds. The summed E-state index contributed by atoms with van der Waals surface area (Å²) in [6, 6.07) is 3.20. The normalized spacial score (nSPS) is 11.0. The van der Waals surface area contributed by atoms with Crippen molar-refractivity contribution in [2.45, 2.75) is 6.92 Å². The van der Waals surface area contributed by atoms with Gasteiger partial charge in [-0.3, -0.25) is 4.79 Å². The molecule has 1 rings (SSSR count). The van der Waals surface area contributed by atoms with Crippen LogP contribution < -0.4 is 10.6 Å².